The van der Waals surface area contributed by atoms with Crippen molar-refractivity contribution in [2.45, 2.75) is 6.92 Å². The Hall–Kier alpha value is -2.66. The highest BCUT2D eigenvalue weighted by Gasteiger charge is 2.02. The molecule has 23 heavy (non-hydrogen) atoms. The predicted octanol–water partition coefficient (Wildman–Crippen LogP) is 4.13. The summed E-state index contributed by atoms with van der Waals surface area (Å²) in [6.07, 6.45) is 0. The van der Waals surface area contributed by atoms with E-state index in [2.05, 4.69) is 26.8 Å². The number of hydrogen-bond acceptors (Lipinski definition) is 5. The van der Waals surface area contributed by atoms with Crippen LogP contribution in [0.1, 0.15) is 12.5 Å². The zero-order chi connectivity index (χ0) is 16.2. The molecular weight excluding hydrogens is 312 g/mol. The predicted molar refractivity (Wildman–Crippen MR) is 93.4 cm³/mol. The van der Waals surface area contributed by atoms with Crippen LogP contribution in [0, 0.1) is 0 Å². The zero-order valence-electron chi connectivity index (χ0n) is 12.7. The molecule has 1 heterocycles. The number of nitrogens with one attached hydrogen (secondary N) is 1. The highest BCUT2D eigenvalue weighted by atomic mass is 35.5. The monoisotopic (exact) mass is 326 g/mol. The third-order valence-corrected chi connectivity index (χ3v) is 3.64. The van der Waals surface area contributed by atoms with Crippen molar-refractivity contribution in [3.63, 3.8) is 0 Å². The molecule has 0 unspecified atom stereocenters. The fourth-order valence-corrected chi connectivity index (χ4v) is 2.26. The number of benzene rings is 2. The molecule has 116 valence electrons. The van der Waals surface area contributed by atoms with Crippen LogP contribution < -0.4 is 10.2 Å². The number of hydrogen-bond donors (Lipinski definition) is 1. The maximum atomic E-state index is 5.70. The quantitative estimate of drug-likeness (QED) is 0.578. The average Bonchev–Trinajstić information content (AvgIpc) is 2.60. The second-order valence-electron chi connectivity index (χ2n) is 4.98. The molecule has 0 atom stereocenters. The first-order chi connectivity index (χ1) is 11.2. The summed E-state index contributed by atoms with van der Waals surface area (Å²) in [6, 6.07) is 15.5. The molecule has 0 saturated carbocycles. The van der Waals surface area contributed by atoms with Crippen LogP contribution in [-0.4, -0.2) is 23.0 Å². The van der Waals surface area contributed by atoms with Gasteiger partial charge in [0.1, 0.15) is 5.75 Å². The molecule has 0 radical (unpaired) electrons. The van der Waals surface area contributed by atoms with Crippen molar-refractivity contribution in [2.75, 3.05) is 12.5 Å². The van der Waals surface area contributed by atoms with E-state index in [1.165, 1.54) is 0 Å². The zero-order valence-corrected chi connectivity index (χ0v) is 13.5. The maximum Gasteiger partial charge on any atom is 0.168 e. The molecular formula is C17H15ClN4O. The van der Waals surface area contributed by atoms with Gasteiger partial charge in [0.25, 0.3) is 0 Å². The van der Waals surface area contributed by atoms with Gasteiger partial charge in [-0.05, 0) is 53.6 Å². The minimum absolute atomic E-state index is 0.348. The molecule has 3 rings (SSSR count). The number of fused-ring (bicyclic) bond motifs is 1. The van der Waals surface area contributed by atoms with Crippen molar-refractivity contribution in [2.24, 2.45) is 5.10 Å². The Morgan fingerprint density at radius 2 is 1.83 bits per heavy atom. The number of ether oxygens (including phenoxy) is 1. The summed E-state index contributed by atoms with van der Waals surface area (Å²) in [5.41, 5.74) is 4.74. The van der Waals surface area contributed by atoms with Crippen LogP contribution in [0.15, 0.2) is 53.6 Å². The third kappa shape index (κ3) is 3.57. The van der Waals surface area contributed by atoms with Gasteiger partial charge < -0.3 is 4.74 Å². The molecule has 3 aromatic rings. The highest BCUT2D eigenvalue weighted by Crippen LogP contribution is 2.22. The fourth-order valence-electron chi connectivity index (χ4n) is 2.16. The number of halogens is 1. The molecule has 0 fully saturated rings. The number of hydrazone groups is 1. The van der Waals surface area contributed by atoms with Gasteiger partial charge in [-0.1, -0.05) is 29.8 Å². The lowest BCUT2D eigenvalue weighted by Gasteiger charge is -2.06. The van der Waals surface area contributed by atoms with Crippen molar-refractivity contribution < 1.29 is 4.74 Å². The van der Waals surface area contributed by atoms with Gasteiger partial charge in [-0.15, -0.1) is 10.2 Å². The molecule has 0 spiro atoms. The van der Waals surface area contributed by atoms with Gasteiger partial charge in [0.15, 0.2) is 11.0 Å². The summed E-state index contributed by atoms with van der Waals surface area (Å²) in [4.78, 5) is 0. The van der Waals surface area contributed by atoms with Crippen LogP contribution in [0.3, 0.4) is 0 Å². The van der Waals surface area contributed by atoms with Gasteiger partial charge >= 0.3 is 0 Å². The highest BCUT2D eigenvalue weighted by molar-refractivity contribution is 6.29. The van der Waals surface area contributed by atoms with E-state index in [0.717, 1.165) is 27.8 Å². The van der Waals surface area contributed by atoms with Crippen LogP contribution in [-0.2, 0) is 0 Å². The van der Waals surface area contributed by atoms with E-state index in [9.17, 15) is 0 Å². The van der Waals surface area contributed by atoms with Gasteiger partial charge in [-0.25, -0.2) is 0 Å². The van der Waals surface area contributed by atoms with Crippen LogP contribution in [0.25, 0.3) is 10.8 Å². The summed E-state index contributed by atoms with van der Waals surface area (Å²) in [5.74, 6) is 1.39. The summed E-state index contributed by atoms with van der Waals surface area (Å²) >= 11 is 5.70. The molecule has 2 aromatic carbocycles. The molecule has 0 aliphatic heterocycles. The molecule has 5 nitrogen and oxygen atoms in total. The minimum atomic E-state index is 0.348. The normalized spacial score (nSPS) is 11.5. The molecule has 6 heteroatoms. The van der Waals surface area contributed by atoms with Crippen molar-refractivity contribution in [1.82, 2.24) is 10.2 Å². The second kappa shape index (κ2) is 6.62. The third-order valence-electron chi connectivity index (χ3n) is 3.44. The first-order valence-electron chi connectivity index (χ1n) is 7.03. The molecule has 1 N–H and O–H groups in total. The smallest absolute Gasteiger partial charge is 0.168 e. The van der Waals surface area contributed by atoms with Gasteiger partial charge in [0.05, 0.1) is 12.8 Å². The number of rotatable bonds is 4. The standard InChI is InChI=1S/C17H15ClN4O/c1-11(19-21-17-8-7-16(18)20-22-17)12-3-4-14-10-15(23-2)6-5-13(14)9-12/h3-10H,1-2H3,(H,21,22)/b19-11+. The Balaban J connectivity index is 1.83. The Bertz CT molecular complexity index is 862. The van der Waals surface area contributed by atoms with E-state index >= 15 is 0 Å². The first-order valence-corrected chi connectivity index (χ1v) is 7.41. The summed E-state index contributed by atoms with van der Waals surface area (Å²) in [7, 11) is 1.66. The van der Waals surface area contributed by atoms with Gasteiger partial charge in [0.2, 0.25) is 0 Å². The Labute approximate surface area is 139 Å². The Kier molecular flexibility index (Phi) is 4.39. The van der Waals surface area contributed by atoms with Crippen LogP contribution >= 0.6 is 11.6 Å². The Morgan fingerprint density at radius 3 is 2.57 bits per heavy atom. The molecule has 0 bridgehead atoms. The van der Waals surface area contributed by atoms with E-state index in [0.29, 0.717) is 11.0 Å². The van der Waals surface area contributed by atoms with E-state index in [4.69, 9.17) is 16.3 Å². The summed E-state index contributed by atoms with van der Waals surface area (Å²) < 4.78 is 5.24. The first kappa shape index (κ1) is 15.2. The minimum Gasteiger partial charge on any atom is -0.497 e. The SMILES string of the molecule is COc1ccc2cc(/C(C)=N/Nc3ccc(Cl)nn3)ccc2c1. The van der Waals surface area contributed by atoms with Crippen molar-refractivity contribution in [3.05, 3.63) is 59.2 Å². The lowest BCUT2D eigenvalue weighted by Crippen LogP contribution is -2.01. The van der Waals surface area contributed by atoms with Crippen molar-refractivity contribution in [1.29, 1.82) is 0 Å². The lowest BCUT2D eigenvalue weighted by molar-refractivity contribution is 0.415. The van der Waals surface area contributed by atoms with Crippen LogP contribution in [0.4, 0.5) is 5.82 Å². The molecule has 1 aromatic heterocycles. The van der Waals surface area contributed by atoms with Gasteiger partial charge in [0, 0.05) is 0 Å². The van der Waals surface area contributed by atoms with Crippen LogP contribution in [0.2, 0.25) is 5.15 Å². The molecule has 0 aliphatic rings. The molecule has 0 aliphatic carbocycles. The maximum absolute atomic E-state index is 5.70. The molecule has 0 amide bonds. The van der Waals surface area contributed by atoms with Crippen LogP contribution in [0.5, 0.6) is 5.75 Å². The summed E-state index contributed by atoms with van der Waals surface area (Å²) in [5, 5.41) is 14.6. The van der Waals surface area contributed by atoms with Gasteiger partial charge in [-0.3, -0.25) is 5.43 Å². The number of anilines is 1. The molecule has 0 saturated heterocycles. The van der Waals surface area contributed by atoms with Gasteiger partial charge in [-0.2, -0.15) is 5.10 Å². The fraction of sp³-hybridized carbons (Fsp3) is 0.118. The lowest BCUT2D eigenvalue weighted by atomic mass is 10.0. The van der Waals surface area contributed by atoms with Crippen molar-refractivity contribution >= 4 is 33.9 Å². The van der Waals surface area contributed by atoms with Crippen molar-refractivity contribution in [3.8, 4) is 5.75 Å². The Morgan fingerprint density at radius 1 is 1.04 bits per heavy atom. The second-order valence-corrected chi connectivity index (χ2v) is 5.37. The number of aromatic nitrogens is 2. The van der Waals surface area contributed by atoms with E-state index < -0.39 is 0 Å². The number of nitrogens with zero attached hydrogens (tertiary/aromatic N) is 3. The topological polar surface area (TPSA) is 59.4 Å². The van der Waals surface area contributed by atoms with E-state index in [1.54, 1.807) is 19.2 Å². The van der Waals surface area contributed by atoms with E-state index in [-0.39, 0.29) is 0 Å². The largest absolute Gasteiger partial charge is 0.497 e. The average molecular weight is 327 g/mol. The summed E-state index contributed by atoms with van der Waals surface area (Å²) in [6.45, 7) is 1.93. The van der Waals surface area contributed by atoms with E-state index in [1.807, 2.05) is 37.3 Å². The number of methoxy groups -OCH3 is 1.